The van der Waals surface area contributed by atoms with Gasteiger partial charge >= 0.3 is 5.97 Å². The smallest absolute Gasteiger partial charge is 0.309 e. The van der Waals surface area contributed by atoms with E-state index in [9.17, 15) is 4.79 Å². The summed E-state index contributed by atoms with van der Waals surface area (Å²) in [6, 6.07) is 9.51. The summed E-state index contributed by atoms with van der Waals surface area (Å²) in [7, 11) is 0. The molecule has 1 aromatic heterocycles. The standard InChI is InChI=1S/C14H15NO3/c1-2-17-14(16)7-9-18-12-5-6-13-11(10-12)4-3-8-15-13/h3-6,8,10H,2,7,9H2,1H3. The van der Waals surface area contributed by atoms with Crippen molar-refractivity contribution in [3.63, 3.8) is 0 Å². The first kappa shape index (κ1) is 12.4. The van der Waals surface area contributed by atoms with Gasteiger partial charge in [0.25, 0.3) is 0 Å². The third kappa shape index (κ3) is 3.20. The fourth-order valence-corrected chi connectivity index (χ4v) is 1.63. The number of hydrogen-bond donors (Lipinski definition) is 0. The van der Waals surface area contributed by atoms with Crippen molar-refractivity contribution < 1.29 is 14.3 Å². The van der Waals surface area contributed by atoms with E-state index in [0.29, 0.717) is 13.2 Å². The Morgan fingerprint density at radius 2 is 2.22 bits per heavy atom. The molecule has 94 valence electrons. The SMILES string of the molecule is CCOC(=O)CCOc1ccc2ncccc2c1. The highest BCUT2D eigenvalue weighted by atomic mass is 16.5. The van der Waals surface area contributed by atoms with E-state index in [-0.39, 0.29) is 12.4 Å². The van der Waals surface area contributed by atoms with E-state index in [1.54, 1.807) is 13.1 Å². The molecule has 0 N–H and O–H groups in total. The van der Waals surface area contributed by atoms with Gasteiger partial charge in [0.15, 0.2) is 0 Å². The van der Waals surface area contributed by atoms with Crippen LogP contribution in [0.5, 0.6) is 5.75 Å². The second-order valence-corrected chi connectivity index (χ2v) is 3.76. The van der Waals surface area contributed by atoms with Crippen molar-refractivity contribution in [1.29, 1.82) is 0 Å². The monoisotopic (exact) mass is 245 g/mol. The van der Waals surface area contributed by atoms with Gasteiger partial charge in [-0.15, -0.1) is 0 Å². The van der Waals surface area contributed by atoms with Crippen molar-refractivity contribution in [2.24, 2.45) is 0 Å². The Morgan fingerprint density at radius 1 is 1.33 bits per heavy atom. The molecule has 4 nitrogen and oxygen atoms in total. The zero-order valence-corrected chi connectivity index (χ0v) is 10.3. The molecule has 0 aliphatic heterocycles. The number of hydrogen-bond acceptors (Lipinski definition) is 4. The summed E-state index contributed by atoms with van der Waals surface area (Å²) in [5.74, 6) is 0.500. The molecule has 0 aliphatic carbocycles. The summed E-state index contributed by atoms with van der Waals surface area (Å²) >= 11 is 0. The Balaban J connectivity index is 1.93. The van der Waals surface area contributed by atoms with Crippen LogP contribution in [0.15, 0.2) is 36.5 Å². The molecule has 1 heterocycles. The zero-order valence-electron chi connectivity index (χ0n) is 10.3. The first-order chi connectivity index (χ1) is 8.79. The molecule has 0 aliphatic rings. The molecule has 0 bridgehead atoms. The van der Waals surface area contributed by atoms with Crippen LogP contribution in [0.2, 0.25) is 0 Å². The fraction of sp³-hybridized carbons (Fsp3) is 0.286. The third-order valence-corrected chi connectivity index (χ3v) is 2.45. The highest BCUT2D eigenvalue weighted by Crippen LogP contribution is 2.18. The predicted octanol–water partition coefficient (Wildman–Crippen LogP) is 2.57. The molecule has 0 atom stereocenters. The molecular formula is C14H15NO3. The van der Waals surface area contributed by atoms with E-state index >= 15 is 0 Å². The summed E-state index contributed by atoms with van der Waals surface area (Å²) in [4.78, 5) is 15.4. The summed E-state index contributed by atoms with van der Waals surface area (Å²) in [5.41, 5.74) is 0.926. The minimum Gasteiger partial charge on any atom is -0.493 e. The van der Waals surface area contributed by atoms with Gasteiger partial charge in [0, 0.05) is 11.6 Å². The van der Waals surface area contributed by atoms with Gasteiger partial charge in [-0.1, -0.05) is 6.07 Å². The van der Waals surface area contributed by atoms with Crippen LogP contribution in [-0.2, 0) is 9.53 Å². The molecule has 1 aromatic carbocycles. The normalized spacial score (nSPS) is 10.3. The van der Waals surface area contributed by atoms with Gasteiger partial charge in [-0.25, -0.2) is 0 Å². The highest BCUT2D eigenvalue weighted by molar-refractivity contribution is 5.79. The molecule has 0 spiro atoms. The first-order valence-corrected chi connectivity index (χ1v) is 5.93. The van der Waals surface area contributed by atoms with Crippen LogP contribution >= 0.6 is 0 Å². The number of aromatic nitrogens is 1. The van der Waals surface area contributed by atoms with E-state index in [4.69, 9.17) is 9.47 Å². The number of rotatable bonds is 5. The molecular weight excluding hydrogens is 230 g/mol. The lowest BCUT2D eigenvalue weighted by Gasteiger charge is -2.06. The zero-order chi connectivity index (χ0) is 12.8. The second-order valence-electron chi connectivity index (χ2n) is 3.76. The average Bonchev–Trinajstić information content (AvgIpc) is 2.39. The molecule has 0 saturated carbocycles. The van der Waals surface area contributed by atoms with Gasteiger partial charge in [-0.2, -0.15) is 0 Å². The molecule has 0 amide bonds. The van der Waals surface area contributed by atoms with Gasteiger partial charge in [-0.05, 0) is 31.2 Å². The molecule has 0 fully saturated rings. The molecule has 0 unspecified atom stereocenters. The van der Waals surface area contributed by atoms with Gasteiger partial charge < -0.3 is 9.47 Å². The van der Waals surface area contributed by atoms with Crippen molar-refractivity contribution in [3.05, 3.63) is 36.5 Å². The number of carbonyl (C=O) groups excluding carboxylic acids is 1. The average molecular weight is 245 g/mol. The second kappa shape index (κ2) is 6.00. The van der Waals surface area contributed by atoms with E-state index in [2.05, 4.69) is 4.98 Å². The number of ether oxygens (including phenoxy) is 2. The maximum atomic E-state index is 11.1. The summed E-state index contributed by atoms with van der Waals surface area (Å²) in [5, 5.41) is 1.02. The number of carbonyl (C=O) groups is 1. The maximum Gasteiger partial charge on any atom is 0.309 e. The fourth-order valence-electron chi connectivity index (χ4n) is 1.63. The minimum atomic E-state index is -0.236. The van der Waals surface area contributed by atoms with Gasteiger partial charge in [0.05, 0.1) is 25.2 Å². The molecule has 2 aromatic rings. The lowest BCUT2D eigenvalue weighted by molar-refractivity contribution is -0.143. The van der Waals surface area contributed by atoms with Gasteiger partial charge in [-0.3, -0.25) is 9.78 Å². The van der Waals surface area contributed by atoms with E-state index < -0.39 is 0 Å². The van der Waals surface area contributed by atoms with Crippen molar-refractivity contribution >= 4 is 16.9 Å². The molecule has 2 rings (SSSR count). The van der Waals surface area contributed by atoms with Crippen LogP contribution in [0.1, 0.15) is 13.3 Å². The lowest BCUT2D eigenvalue weighted by atomic mass is 10.2. The first-order valence-electron chi connectivity index (χ1n) is 5.93. The summed E-state index contributed by atoms with van der Waals surface area (Å²) in [6.45, 7) is 2.51. The Labute approximate surface area is 106 Å². The largest absolute Gasteiger partial charge is 0.493 e. The van der Waals surface area contributed by atoms with Crippen LogP contribution in [0, 0.1) is 0 Å². The molecule has 0 saturated heterocycles. The Kier molecular flexibility index (Phi) is 4.12. The third-order valence-electron chi connectivity index (χ3n) is 2.45. The highest BCUT2D eigenvalue weighted by Gasteiger charge is 2.02. The number of esters is 1. The maximum absolute atomic E-state index is 11.1. The molecule has 4 heteroatoms. The van der Waals surface area contributed by atoms with E-state index in [0.717, 1.165) is 16.7 Å². The van der Waals surface area contributed by atoms with Crippen LogP contribution < -0.4 is 4.74 Å². The van der Waals surface area contributed by atoms with Crippen molar-refractivity contribution in [1.82, 2.24) is 4.98 Å². The quantitative estimate of drug-likeness (QED) is 0.759. The van der Waals surface area contributed by atoms with Crippen LogP contribution in [0.25, 0.3) is 10.9 Å². The van der Waals surface area contributed by atoms with E-state index in [1.807, 2.05) is 30.3 Å². The number of pyridine rings is 1. The molecule has 0 radical (unpaired) electrons. The van der Waals surface area contributed by atoms with Gasteiger partial charge in [0.1, 0.15) is 5.75 Å². The number of benzene rings is 1. The van der Waals surface area contributed by atoms with Crippen molar-refractivity contribution in [3.8, 4) is 5.75 Å². The predicted molar refractivity (Wildman–Crippen MR) is 68.5 cm³/mol. The Morgan fingerprint density at radius 3 is 3.06 bits per heavy atom. The topological polar surface area (TPSA) is 48.4 Å². The number of fused-ring (bicyclic) bond motifs is 1. The summed E-state index contributed by atoms with van der Waals surface area (Å²) < 4.78 is 10.3. The number of nitrogens with zero attached hydrogens (tertiary/aromatic N) is 1. The Bertz CT molecular complexity index is 539. The van der Waals surface area contributed by atoms with Crippen LogP contribution in [-0.4, -0.2) is 24.2 Å². The lowest BCUT2D eigenvalue weighted by Crippen LogP contribution is -2.09. The van der Waals surface area contributed by atoms with Crippen molar-refractivity contribution in [2.75, 3.05) is 13.2 Å². The Hall–Kier alpha value is -2.10. The van der Waals surface area contributed by atoms with Crippen LogP contribution in [0.4, 0.5) is 0 Å². The minimum absolute atomic E-state index is 0.236. The van der Waals surface area contributed by atoms with Crippen LogP contribution in [0.3, 0.4) is 0 Å². The van der Waals surface area contributed by atoms with Crippen molar-refractivity contribution in [2.45, 2.75) is 13.3 Å². The van der Waals surface area contributed by atoms with Gasteiger partial charge in [0.2, 0.25) is 0 Å². The summed E-state index contributed by atoms with van der Waals surface area (Å²) in [6.07, 6.45) is 2.02. The van der Waals surface area contributed by atoms with E-state index in [1.165, 1.54) is 0 Å². The molecule has 18 heavy (non-hydrogen) atoms.